The Balaban J connectivity index is 1.65. The average molecular weight is 394 g/mol. The van der Waals surface area contributed by atoms with E-state index in [1.165, 1.54) is 11.8 Å². The Hall–Kier alpha value is -2.06. The highest BCUT2D eigenvalue weighted by molar-refractivity contribution is 8.00. The number of carbonyl (C=O) groups excluding carboxylic acids is 3. The second kappa shape index (κ2) is 10.9. The molecule has 0 bridgehead atoms. The van der Waals surface area contributed by atoms with E-state index in [4.69, 9.17) is 4.74 Å². The van der Waals surface area contributed by atoms with E-state index in [2.05, 4.69) is 5.32 Å². The van der Waals surface area contributed by atoms with Gasteiger partial charge in [-0.2, -0.15) is 0 Å². The van der Waals surface area contributed by atoms with Crippen molar-refractivity contribution in [2.24, 2.45) is 0 Å². The zero-order chi connectivity index (χ0) is 19.6. The summed E-state index contributed by atoms with van der Waals surface area (Å²) in [6.45, 7) is 6.94. The van der Waals surface area contributed by atoms with Gasteiger partial charge in [-0.25, -0.2) is 0 Å². The summed E-state index contributed by atoms with van der Waals surface area (Å²) in [7, 11) is 0. The first-order chi connectivity index (χ1) is 13.0. The molecule has 1 aromatic rings. The SMILES string of the molecule is CCOC(=O)CSCC(=O)N1CCN(CC(=O)Nc2ccc(C)cc2)CC1. The molecule has 27 heavy (non-hydrogen) atoms. The number of hydrogen-bond donors (Lipinski definition) is 1. The predicted octanol–water partition coefficient (Wildman–Crippen LogP) is 1.37. The second-order valence-corrected chi connectivity index (χ2v) is 7.35. The van der Waals surface area contributed by atoms with Crippen LogP contribution in [0.3, 0.4) is 0 Å². The Kier molecular flexibility index (Phi) is 8.60. The summed E-state index contributed by atoms with van der Waals surface area (Å²) in [4.78, 5) is 39.5. The van der Waals surface area contributed by atoms with Gasteiger partial charge in [0.15, 0.2) is 0 Å². The Morgan fingerprint density at radius 1 is 1.07 bits per heavy atom. The number of carbonyl (C=O) groups is 3. The lowest BCUT2D eigenvalue weighted by Gasteiger charge is -2.34. The summed E-state index contributed by atoms with van der Waals surface area (Å²) >= 11 is 1.27. The minimum atomic E-state index is -0.292. The molecule has 0 aliphatic carbocycles. The highest BCUT2D eigenvalue weighted by atomic mass is 32.2. The van der Waals surface area contributed by atoms with Gasteiger partial charge in [0.05, 0.1) is 24.7 Å². The van der Waals surface area contributed by atoms with Gasteiger partial charge >= 0.3 is 5.97 Å². The Bertz CT molecular complexity index is 643. The predicted molar refractivity (Wildman–Crippen MR) is 107 cm³/mol. The molecule has 7 nitrogen and oxygen atoms in total. The van der Waals surface area contributed by atoms with Crippen LogP contribution in [0.25, 0.3) is 0 Å². The maximum absolute atomic E-state index is 12.2. The van der Waals surface area contributed by atoms with Crippen LogP contribution < -0.4 is 5.32 Å². The van der Waals surface area contributed by atoms with Crippen LogP contribution in [0.2, 0.25) is 0 Å². The molecule has 1 aliphatic rings. The van der Waals surface area contributed by atoms with Crippen molar-refractivity contribution in [2.75, 3.05) is 56.2 Å². The van der Waals surface area contributed by atoms with Crippen LogP contribution in [-0.4, -0.2) is 78.4 Å². The molecule has 2 rings (SSSR count). The van der Waals surface area contributed by atoms with Gasteiger partial charge in [0.2, 0.25) is 11.8 Å². The van der Waals surface area contributed by atoms with Crippen LogP contribution >= 0.6 is 11.8 Å². The van der Waals surface area contributed by atoms with Gasteiger partial charge in [-0.05, 0) is 26.0 Å². The van der Waals surface area contributed by atoms with Crippen molar-refractivity contribution in [1.82, 2.24) is 9.80 Å². The number of rotatable bonds is 8. The quantitative estimate of drug-likeness (QED) is 0.672. The number of amides is 2. The molecule has 1 heterocycles. The lowest BCUT2D eigenvalue weighted by atomic mass is 10.2. The summed E-state index contributed by atoms with van der Waals surface area (Å²) < 4.78 is 4.84. The third-order valence-corrected chi connectivity index (χ3v) is 5.07. The van der Waals surface area contributed by atoms with E-state index in [-0.39, 0.29) is 29.3 Å². The zero-order valence-corrected chi connectivity index (χ0v) is 16.7. The Labute approximate surface area is 164 Å². The number of anilines is 1. The standard InChI is InChI=1S/C19H27N3O4S/c1-3-26-19(25)14-27-13-18(24)22-10-8-21(9-11-22)12-17(23)20-16-6-4-15(2)5-7-16/h4-7H,3,8-14H2,1-2H3,(H,20,23). The fourth-order valence-corrected chi connectivity index (χ4v) is 3.42. The molecule has 1 aliphatic heterocycles. The third-order valence-electron chi connectivity index (χ3n) is 4.18. The number of hydrogen-bond acceptors (Lipinski definition) is 6. The molecule has 0 radical (unpaired) electrons. The largest absolute Gasteiger partial charge is 0.465 e. The average Bonchev–Trinajstić information content (AvgIpc) is 2.64. The van der Waals surface area contributed by atoms with E-state index in [0.717, 1.165) is 11.3 Å². The van der Waals surface area contributed by atoms with Gasteiger partial charge in [0.1, 0.15) is 0 Å². The molecule has 0 unspecified atom stereocenters. The maximum atomic E-state index is 12.2. The topological polar surface area (TPSA) is 79.0 Å². The van der Waals surface area contributed by atoms with Crippen LogP contribution in [0, 0.1) is 6.92 Å². The summed E-state index contributed by atoms with van der Waals surface area (Å²) in [6.07, 6.45) is 0. The fourth-order valence-electron chi connectivity index (χ4n) is 2.71. The van der Waals surface area contributed by atoms with Crippen molar-refractivity contribution >= 4 is 35.2 Å². The highest BCUT2D eigenvalue weighted by Crippen LogP contribution is 2.10. The van der Waals surface area contributed by atoms with Crippen molar-refractivity contribution in [3.8, 4) is 0 Å². The molecule has 2 amide bonds. The first-order valence-corrected chi connectivity index (χ1v) is 10.2. The van der Waals surface area contributed by atoms with Gasteiger partial charge < -0.3 is 15.0 Å². The Morgan fingerprint density at radius 3 is 2.37 bits per heavy atom. The number of aryl methyl sites for hydroxylation is 1. The molecule has 1 N–H and O–H groups in total. The van der Waals surface area contributed by atoms with E-state index in [0.29, 0.717) is 39.3 Å². The van der Waals surface area contributed by atoms with E-state index in [9.17, 15) is 14.4 Å². The monoisotopic (exact) mass is 393 g/mol. The van der Waals surface area contributed by atoms with Gasteiger partial charge in [0.25, 0.3) is 0 Å². The summed E-state index contributed by atoms with van der Waals surface area (Å²) in [6, 6.07) is 7.69. The summed E-state index contributed by atoms with van der Waals surface area (Å²) in [5, 5.41) is 2.89. The number of ether oxygens (including phenoxy) is 1. The Morgan fingerprint density at radius 2 is 1.74 bits per heavy atom. The van der Waals surface area contributed by atoms with Gasteiger partial charge in [0, 0.05) is 31.9 Å². The molecular weight excluding hydrogens is 366 g/mol. The van der Waals surface area contributed by atoms with Crippen LogP contribution in [-0.2, 0) is 19.1 Å². The fraction of sp³-hybridized carbons (Fsp3) is 0.526. The van der Waals surface area contributed by atoms with Crippen molar-refractivity contribution in [3.05, 3.63) is 29.8 Å². The zero-order valence-electron chi connectivity index (χ0n) is 15.9. The number of thioether (sulfide) groups is 1. The molecule has 148 valence electrons. The lowest BCUT2D eigenvalue weighted by Crippen LogP contribution is -2.51. The van der Waals surface area contributed by atoms with E-state index in [1.54, 1.807) is 11.8 Å². The molecule has 8 heteroatoms. The molecule has 1 aromatic carbocycles. The summed E-state index contributed by atoms with van der Waals surface area (Å²) in [5.74, 6) is 0.141. The van der Waals surface area contributed by atoms with Crippen molar-refractivity contribution in [2.45, 2.75) is 13.8 Å². The smallest absolute Gasteiger partial charge is 0.315 e. The first kappa shape index (κ1) is 21.2. The van der Waals surface area contributed by atoms with E-state index in [1.807, 2.05) is 36.1 Å². The molecule has 0 saturated carbocycles. The van der Waals surface area contributed by atoms with Gasteiger partial charge in [-0.3, -0.25) is 19.3 Å². The van der Waals surface area contributed by atoms with Crippen LogP contribution in [0.1, 0.15) is 12.5 Å². The van der Waals surface area contributed by atoms with Crippen LogP contribution in [0.15, 0.2) is 24.3 Å². The maximum Gasteiger partial charge on any atom is 0.315 e. The molecule has 0 aromatic heterocycles. The number of nitrogens with zero attached hydrogens (tertiary/aromatic N) is 2. The summed E-state index contributed by atoms with van der Waals surface area (Å²) in [5.41, 5.74) is 1.94. The molecule has 1 saturated heterocycles. The minimum Gasteiger partial charge on any atom is -0.465 e. The number of esters is 1. The van der Waals surface area contributed by atoms with Gasteiger partial charge in [-0.15, -0.1) is 11.8 Å². The van der Waals surface area contributed by atoms with E-state index >= 15 is 0 Å². The van der Waals surface area contributed by atoms with E-state index < -0.39 is 0 Å². The van der Waals surface area contributed by atoms with Crippen molar-refractivity contribution in [3.63, 3.8) is 0 Å². The number of piperazine rings is 1. The minimum absolute atomic E-state index is 0.0213. The van der Waals surface area contributed by atoms with Gasteiger partial charge in [-0.1, -0.05) is 17.7 Å². The third kappa shape index (κ3) is 7.60. The van der Waals surface area contributed by atoms with Crippen LogP contribution in [0.4, 0.5) is 5.69 Å². The molecule has 1 fully saturated rings. The molecule has 0 atom stereocenters. The highest BCUT2D eigenvalue weighted by Gasteiger charge is 2.22. The number of benzene rings is 1. The van der Waals surface area contributed by atoms with Crippen LogP contribution in [0.5, 0.6) is 0 Å². The molecule has 0 spiro atoms. The lowest BCUT2D eigenvalue weighted by molar-refractivity contribution is -0.139. The first-order valence-electron chi connectivity index (χ1n) is 9.08. The second-order valence-electron chi connectivity index (χ2n) is 6.37. The number of nitrogens with one attached hydrogen (secondary N) is 1. The normalized spacial score (nSPS) is 14.7. The van der Waals surface area contributed by atoms with Crippen molar-refractivity contribution < 1.29 is 19.1 Å². The van der Waals surface area contributed by atoms with Crippen molar-refractivity contribution in [1.29, 1.82) is 0 Å². The molecular formula is C19H27N3O4S.